The highest BCUT2D eigenvalue weighted by atomic mass is 19.3. The molecule has 0 heterocycles. The number of nitrogens with zero attached hydrogens (tertiary/aromatic N) is 1. The van der Waals surface area contributed by atoms with Crippen LogP contribution in [0.3, 0.4) is 0 Å². The van der Waals surface area contributed by atoms with E-state index in [1.807, 2.05) is 0 Å². The zero-order chi connectivity index (χ0) is 14.6. The van der Waals surface area contributed by atoms with Crippen LogP contribution in [0.2, 0.25) is 0 Å². The number of aliphatic hydroxyl groups is 1. The van der Waals surface area contributed by atoms with Gasteiger partial charge in [-0.2, -0.15) is 8.78 Å². The van der Waals surface area contributed by atoms with E-state index in [1.54, 1.807) is 6.07 Å². The summed E-state index contributed by atoms with van der Waals surface area (Å²) >= 11 is 0. The lowest BCUT2D eigenvalue weighted by Crippen LogP contribution is -2.34. The number of nitrogens with two attached hydrogens (primary N) is 1. The third-order valence-electron chi connectivity index (χ3n) is 2.47. The smallest absolute Gasteiger partial charge is 0.306 e. The Kier molecular flexibility index (Phi) is 4.61. The van der Waals surface area contributed by atoms with Crippen LogP contribution in [-0.2, 0) is 0 Å². The summed E-state index contributed by atoms with van der Waals surface area (Å²) in [6, 6.07) is 4.49. The van der Waals surface area contributed by atoms with Crippen molar-refractivity contribution in [2.45, 2.75) is 19.0 Å². The van der Waals surface area contributed by atoms with Gasteiger partial charge in [-0.25, -0.2) is 4.99 Å². The number of ether oxygens (including phenoxy) is 1. The first kappa shape index (κ1) is 15.1. The van der Waals surface area contributed by atoms with Gasteiger partial charge in [0.05, 0.1) is 24.6 Å². The predicted octanol–water partition coefficient (Wildman–Crippen LogP) is 2.55. The monoisotopic (exact) mass is 270 g/mol. The number of halogens is 2. The molecular weight excluding hydrogens is 254 g/mol. The molecule has 4 nitrogen and oxygen atoms in total. The summed E-state index contributed by atoms with van der Waals surface area (Å²) in [4.78, 5) is 3.75. The van der Waals surface area contributed by atoms with E-state index in [-0.39, 0.29) is 11.4 Å². The molecule has 0 fully saturated rings. The fourth-order valence-corrected chi connectivity index (χ4v) is 1.43. The minimum Gasteiger partial charge on any atom is -0.497 e. The van der Waals surface area contributed by atoms with E-state index in [4.69, 9.17) is 10.5 Å². The molecule has 1 atom stereocenters. The van der Waals surface area contributed by atoms with E-state index in [9.17, 15) is 13.9 Å². The molecule has 0 aliphatic rings. The number of hydrogen-bond donors (Lipinski definition) is 2. The molecule has 0 aromatic heterocycles. The van der Waals surface area contributed by atoms with E-state index in [2.05, 4.69) is 11.6 Å². The van der Waals surface area contributed by atoms with Crippen LogP contribution in [0, 0.1) is 0 Å². The molecule has 1 aromatic carbocycles. The number of nitrogen functional groups attached to an aromatic ring is 1. The zero-order valence-electron chi connectivity index (χ0n) is 10.7. The van der Waals surface area contributed by atoms with Gasteiger partial charge in [0.2, 0.25) is 0 Å². The maximum atomic E-state index is 13.6. The molecule has 6 heteroatoms. The largest absolute Gasteiger partial charge is 0.497 e. The quantitative estimate of drug-likeness (QED) is 0.491. The highest BCUT2D eigenvalue weighted by Gasteiger charge is 2.35. The van der Waals surface area contributed by atoms with Crippen LogP contribution in [0.4, 0.5) is 20.2 Å². The molecular formula is C13H16F2N2O2. The minimum atomic E-state index is -3.41. The maximum absolute atomic E-state index is 13.6. The molecule has 0 aliphatic carbocycles. The highest BCUT2D eigenvalue weighted by molar-refractivity contribution is 5.98. The highest BCUT2D eigenvalue weighted by Crippen LogP contribution is 2.30. The van der Waals surface area contributed by atoms with E-state index < -0.39 is 17.7 Å². The van der Waals surface area contributed by atoms with Gasteiger partial charge >= 0.3 is 5.92 Å². The first-order valence-electron chi connectivity index (χ1n) is 5.54. The van der Waals surface area contributed by atoms with E-state index in [0.717, 1.165) is 0 Å². The maximum Gasteiger partial charge on any atom is 0.306 e. The van der Waals surface area contributed by atoms with Gasteiger partial charge in [0.1, 0.15) is 11.5 Å². The van der Waals surface area contributed by atoms with Crippen molar-refractivity contribution < 1.29 is 18.6 Å². The SMILES string of the molecule is C=CC(F)(F)C(=Nc1cc(OC)ccc1N)C(C)O. The van der Waals surface area contributed by atoms with E-state index in [0.29, 0.717) is 11.8 Å². The molecule has 0 saturated heterocycles. The van der Waals surface area contributed by atoms with E-state index in [1.165, 1.54) is 26.2 Å². The third kappa shape index (κ3) is 3.51. The Bertz CT molecular complexity index is 499. The number of methoxy groups -OCH3 is 1. The average molecular weight is 270 g/mol. The lowest BCUT2D eigenvalue weighted by Gasteiger charge is -2.17. The summed E-state index contributed by atoms with van der Waals surface area (Å²) in [5, 5.41) is 9.43. The molecule has 19 heavy (non-hydrogen) atoms. The summed E-state index contributed by atoms with van der Waals surface area (Å²) in [7, 11) is 1.44. The number of rotatable bonds is 5. The van der Waals surface area contributed by atoms with Crippen LogP contribution in [0.1, 0.15) is 6.92 Å². The molecule has 0 aliphatic heterocycles. The fourth-order valence-electron chi connectivity index (χ4n) is 1.43. The van der Waals surface area contributed by atoms with Crippen molar-refractivity contribution in [2.24, 2.45) is 4.99 Å². The number of aliphatic hydroxyl groups excluding tert-OH is 1. The summed E-state index contributed by atoms with van der Waals surface area (Å²) in [5.74, 6) is -2.98. The summed E-state index contributed by atoms with van der Waals surface area (Å²) in [6.07, 6.45) is -1.01. The van der Waals surface area contributed by atoms with Gasteiger partial charge in [-0.15, -0.1) is 0 Å². The molecule has 0 amide bonds. The number of alkyl halides is 2. The Hall–Kier alpha value is -1.95. The lowest BCUT2D eigenvalue weighted by atomic mass is 10.1. The van der Waals surface area contributed by atoms with Gasteiger partial charge in [-0.3, -0.25) is 0 Å². The molecule has 1 rings (SSSR count). The van der Waals surface area contributed by atoms with Crippen molar-refractivity contribution in [3.63, 3.8) is 0 Å². The molecule has 104 valence electrons. The van der Waals surface area contributed by atoms with Crippen molar-refractivity contribution in [3.8, 4) is 5.75 Å². The molecule has 3 N–H and O–H groups in total. The minimum absolute atomic E-state index is 0.108. The van der Waals surface area contributed by atoms with Crippen LogP contribution in [0.25, 0.3) is 0 Å². The van der Waals surface area contributed by atoms with E-state index >= 15 is 0 Å². The number of benzene rings is 1. The van der Waals surface area contributed by atoms with Crippen molar-refractivity contribution >= 4 is 17.1 Å². The summed E-state index contributed by atoms with van der Waals surface area (Å²) in [6.45, 7) is 4.24. The topological polar surface area (TPSA) is 67.8 Å². The van der Waals surface area contributed by atoms with Crippen LogP contribution in [0.15, 0.2) is 35.8 Å². The number of hydrogen-bond acceptors (Lipinski definition) is 4. The Morgan fingerprint density at radius 2 is 2.21 bits per heavy atom. The van der Waals surface area contributed by atoms with Crippen LogP contribution in [0.5, 0.6) is 5.75 Å². The Morgan fingerprint density at radius 1 is 1.58 bits per heavy atom. The number of allylic oxidation sites excluding steroid dienone is 1. The molecule has 0 spiro atoms. The van der Waals surface area contributed by atoms with Crippen LogP contribution >= 0.6 is 0 Å². The average Bonchev–Trinajstić information content (AvgIpc) is 2.37. The first-order chi connectivity index (χ1) is 8.81. The van der Waals surface area contributed by atoms with Gasteiger partial charge in [0, 0.05) is 6.07 Å². The second-order valence-corrected chi connectivity index (χ2v) is 3.92. The second kappa shape index (κ2) is 5.79. The lowest BCUT2D eigenvalue weighted by molar-refractivity contribution is 0.116. The fraction of sp³-hybridized carbons (Fsp3) is 0.308. The molecule has 1 aromatic rings. The van der Waals surface area contributed by atoms with Gasteiger partial charge in [0.15, 0.2) is 0 Å². The molecule has 1 unspecified atom stereocenters. The predicted molar refractivity (Wildman–Crippen MR) is 71.3 cm³/mol. The number of anilines is 1. The summed E-state index contributed by atoms with van der Waals surface area (Å²) < 4.78 is 32.1. The second-order valence-electron chi connectivity index (χ2n) is 3.92. The Morgan fingerprint density at radius 3 is 2.68 bits per heavy atom. The van der Waals surface area contributed by atoms with Crippen molar-refractivity contribution in [3.05, 3.63) is 30.9 Å². The standard InChI is InChI=1S/C13H16F2N2O2/c1-4-13(14,15)12(8(2)18)17-11-7-9(19-3)5-6-10(11)16/h4-8,18H,1,16H2,2-3H3. The molecule has 0 bridgehead atoms. The Labute approximate surface area is 110 Å². The van der Waals surface area contributed by atoms with Crippen molar-refractivity contribution in [1.82, 2.24) is 0 Å². The third-order valence-corrected chi connectivity index (χ3v) is 2.47. The normalized spacial score (nSPS) is 14.1. The van der Waals surface area contributed by atoms with Crippen LogP contribution in [-0.4, -0.2) is 30.0 Å². The first-order valence-corrected chi connectivity index (χ1v) is 5.54. The zero-order valence-corrected chi connectivity index (χ0v) is 10.7. The van der Waals surface area contributed by atoms with Crippen molar-refractivity contribution in [1.29, 1.82) is 0 Å². The summed E-state index contributed by atoms with van der Waals surface area (Å²) in [5.41, 5.74) is 5.26. The molecule has 0 radical (unpaired) electrons. The Balaban J connectivity index is 3.34. The van der Waals surface area contributed by atoms with Gasteiger partial charge in [0.25, 0.3) is 0 Å². The van der Waals surface area contributed by atoms with Crippen LogP contribution < -0.4 is 10.5 Å². The van der Waals surface area contributed by atoms with Gasteiger partial charge in [-0.05, 0) is 25.1 Å². The number of aliphatic imine (C=N–C) groups is 1. The van der Waals surface area contributed by atoms with Gasteiger partial charge in [-0.1, -0.05) is 6.58 Å². The van der Waals surface area contributed by atoms with Gasteiger partial charge < -0.3 is 15.6 Å². The molecule has 0 saturated carbocycles. The van der Waals surface area contributed by atoms with Crippen molar-refractivity contribution in [2.75, 3.05) is 12.8 Å².